The van der Waals surface area contributed by atoms with Crippen molar-refractivity contribution in [1.29, 1.82) is 0 Å². The van der Waals surface area contributed by atoms with Crippen molar-refractivity contribution in [2.24, 2.45) is 5.16 Å². The number of phenols is 1. The molecule has 96 valence electrons. The molecule has 0 atom stereocenters. The van der Waals surface area contributed by atoms with Crippen LogP contribution in [0.2, 0.25) is 0 Å². The van der Waals surface area contributed by atoms with Crippen LogP contribution in [-0.4, -0.2) is 45.0 Å². The van der Waals surface area contributed by atoms with Crippen LogP contribution in [0, 0.1) is 0 Å². The third kappa shape index (κ3) is 2.95. The first kappa shape index (κ1) is 12.8. The lowest BCUT2D eigenvalue weighted by Crippen LogP contribution is -2.35. The molecule has 0 saturated carbocycles. The molecule has 2 N–H and O–H groups in total. The van der Waals surface area contributed by atoms with Crippen molar-refractivity contribution in [3.8, 4) is 5.75 Å². The van der Waals surface area contributed by atoms with E-state index in [1.165, 1.54) is 0 Å². The topological polar surface area (TPSA) is 73.1 Å². The molecule has 1 aromatic carbocycles. The number of amides is 1. The van der Waals surface area contributed by atoms with E-state index in [1.807, 2.05) is 0 Å². The molecule has 0 aliphatic carbocycles. The molecule has 1 aliphatic heterocycles. The molecule has 5 nitrogen and oxygen atoms in total. The van der Waals surface area contributed by atoms with Crippen LogP contribution in [0.15, 0.2) is 29.4 Å². The summed E-state index contributed by atoms with van der Waals surface area (Å²) in [7, 11) is 0. The molecule has 1 aliphatic rings. The quantitative estimate of drug-likeness (QED) is 0.491. The van der Waals surface area contributed by atoms with Crippen LogP contribution in [0.25, 0.3) is 0 Å². The second kappa shape index (κ2) is 5.77. The number of carbonyl (C=O) groups excluding carboxylic acids is 1. The van der Waals surface area contributed by atoms with Gasteiger partial charge in [0.15, 0.2) is 0 Å². The number of hydrogen-bond acceptors (Lipinski definition) is 5. The molecule has 0 unspecified atom stereocenters. The number of hydrogen-bond donors (Lipinski definition) is 2. The van der Waals surface area contributed by atoms with Gasteiger partial charge in [0.1, 0.15) is 11.5 Å². The highest BCUT2D eigenvalue weighted by Crippen LogP contribution is 2.15. The van der Waals surface area contributed by atoms with E-state index in [1.54, 1.807) is 40.9 Å². The highest BCUT2D eigenvalue weighted by atomic mass is 32.2. The Morgan fingerprint density at radius 3 is 2.67 bits per heavy atom. The molecule has 2 rings (SSSR count). The first-order valence-corrected chi connectivity index (χ1v) is 6.72. The molecule has 1 amide bonds. The number of oxime groups is 1. The summed E-state index contributed by atoms with van der Waals surface area (Å²) in [5.41, 5.74) is 0.948. The van der Waals surface area contributed by atoms with E-state index in [0.717, 1.165) is 11.3 Å². The van der Waals surface area contributed by atoms with Gasteiger partial charge in [0.05, 0.1) is 5.88 Å². The average molecular weight is 266 g/mol. The van der Waals surface area contributed by atoms with E-state index in [-0.39, 0.29) is 23.8 Å². The summed E-state index contributed by atoms with van der Waals surface area (Å²) in [6.07, 6.45) is 0.261. The first-order chi connectivity index (χ1) is 8.70. The van der Waals surface area contributed by atoms with E-state index in [9.17, 15) is 9.90 Å². The Hall–Kier alpha value is -1.69. The maximum atomic E-state index is 12.0. The van der Waals surface area contributed by atoms with E-state index in [0.29, 0.717) is 12.4 Å². The molecule has 0 radical (unpaired) electrons. The van der Waals surface area contributed by atoms with Gasteiger partial charge in [-0.15, -0.1) is 11.8 Å². The van der Waals surface area contributed by atoms with Gasteiger partial charge >= 0.3 is 0 Å². The van der Waals surface area contributed by atoms with Crippen molar-refractivity contribution in [3.63, 3.8) is 0 Å². The summed E-state index contributed by atoms with van der Waals surface area (Å²) in [6, 6.07) is 6.49. The Kier molecular flexibility index (Phi) is 4.09. The Balaban J connectivity index is 2.05. The minimum atomic E-state index is -0.226. The van der Waals surface area contributed by atoms with Crippen molar-refractivity contribution < 1.29 is 15.1 Å². The van der Waals surface area contributed by atoms with E-state index < -0.39 is 0 Å². The number of carbonyl (C=O) groups is 1. The van der Waals surface area contributed by atoms with Gasteiger partial charge in [-0.05, 0) is 17.7 Å². The maximum Gasteiger partial charge on any atom is 0.272 e. The van der Waals surface area contributed by atoms with Gasteiger partial charge in [-0.3, -0.25) is 4.79 Å². The number of nitrogens with zero attached hydrogens (tertiary/aromatic N) is 2. The second-order valence-corrected chi connectivity index (χ2v) is 5.07. The molecule has 6 heteroatoms. The summed E-state index contributed by atoms with van der Waals surface area (Å²) in [4.78, 5) is 13.7. The average Bonchev–Trinajstić information content (AvgIpc) is 2.91. The van der Waals surface area contributed by atoms with Crippen LogP contribution >= 0.6 is 11.8 Å². The van der Waals surface area contributed by atoms with Gasteiger partial charge in [0, 0.05) is 18.7 Å². The van der Waals surface area contributed by atoms with Gasteiger partial charge in [-0.1, -0.05) is 17.3 Å². The van der Waals surface area contributed by atoms with Crippen molar-refractivity contribution in [1.82, 2.24) is 4.90 Å². The fraction of sp³-hybridized carbons (Fsp3) is 0.333. The maximum absolute atomic E-state index is 12.0. The van der Waals surface area contributed by atoms with Gasteiger partial charge in [0.2, 0.25) is 0 Å². The summed E-state index contributed by atoms with van der Waals surface area (Å²) in [5.74, 6) is 1.51. The number of thioether (sulfide) groups is 1. The lowest BCUT2D eigenvalue weighted by molar-refractivity contribution is -0.122. The summed E-state index contributed by atoms with van der Waals surface area (Å²) < 4.78 is 0. The number of aromatic hydroxyl groups is 1. The highest BCUT2D eigenvalue weighted by Gasteiger charge is 2.23. The smallest absolute Gasteiger partial charge is 0.272 e. The molecule has 0 bridgehead atoms. The first-order valence-electron chi connectivity index (χ1n) is 5.56. The number of benzene rings is 1. The second-order valence-electron chi connectivity index (χ2n) is 4.00. The fourth-order valence-corrected chi connectivity index (χ4v) is 2.66. The van der Waals surface area contributed by atoms with Crippen LogP contribution in [0.1, 0.15) is 5.56 Å². The third-order valence-corrected chi connectivity index (χ3v) is 3.68. The standard InChI is InChI=1S/C12H14N2O3S/c15-10-3-1-9(2-4-10)7-11(13-17)12(16)14-5-6-18-8-14/h1-4,15,17H,5-8H2/b13-11+. The van der Waals surface area contributed by atoms with Crippen LogP contribution in [0.3, 0.4) is 0 Å². The molecular formula is C12H14N2O3S. The predicted octanol–water partition coefficient (Wildman–Crippen LogP) is 1.30. The Morgan fingerprint density at radius 2 is 2.11 bits per heavy atom. The summed E-state index contributed by atoms with van der Waals surface area (Å²) in [5, 5.41) is 21.2. The SMILES string of the molecule is O=C(/C(Cc1ccc(O)cc1)=N/O)N1CCSC1. The van der Waals surface area contributed by atoms with Gasteiger partial charge in [0.25, 0.3) is 5.91 Å². The van der Waals surface area contributed by atoms with Gasteiger partial charge in [-0.2, -0.15) is 0 Å². The normalized spacial score (nSPS) is 16.0. The third-order valence-electron chi connectivity index (χ3n) is 2.72. The predicted molar refractivity (Wildman–Crippen MR) is 70.1 cm³/mol. The van der Waals surface area contributed by atoms with Crippen molar-refractivity contribution in [2.45, 2.75) is 6.42 Å². The zero-order chi connectivity index (χ0) is 13.0. The minimum Gasteiger partial charge on any atom is -0.508 e. The van der Waals surface area contributed by atoms with Crippen LogP contribution < -0.4 is 0 Å². The molecule has 0 aromatic heterocycles. The molecule has 1 aromatic rings. The van der Waals surface area contributed by atoms with E-state index >= 15 is 0 Å². The molecule has 1 fully saturated rings. The monoisotopic (exact) mass is 266 g/mol. The Labute approximate surface area is 109 Å². The molecule has 1 saturated heterocycles. The van der Waals surface area contributed by atoms with Crippen molar-refractivity contribution >= 4 is 23.4 Å². The van der Waals surface area contributed by atoms with Crippen LogP contribution in [0.5, 0.6) is 5.75 Å². The van der Waals surface area contributed by atoms with E-state index in [2.05, 4.69) is 5.16 Å². The molecule has 18 heavy (non-hydrogen) atoms. The molecule has 1 heterocycles. The van der Waals surface area contributed by atoms with Crippen LogP contribution in [-0.2, 0) is 11.2 Å². The van der Waals surface area contributed by atoms with Crippen molar-refractivity contribution in [3.05, 3.63) is 29.8 Å². The van der Waals surface area contributed by atoms with Gasteiger partial charge in [-0.25, -0.2) is 0 Å². The molecular weight excluding hydrogens is 252 g/mol. The lowest BCUT2D eigenvalue weighted by atomic mass is 10.1. The van der Waals surface area contributed by atoms with Crippen molar-refractivity contribution in [2.75, 3.05) is 18.2 Å². The lowest BCUT2D eigenvalue weighted by Gasteiger charge is -2.14. The zero-order valence-electron chi connectivity index (χ0n) is 9.74. The van der Waals surface area contributed by atoms with Gasteiger partial charge < -0.3 is 15.2 Å². The Bertz CT molecular complexity index is 453. The minimum absolute atomic E-state index is 0.128. The largest absolute Gasteiger partial charge is 0.508 e. The van der Waals surface area contributed by atoms with E-state index in [4.69, 9.17) is 5.21 Å². The summed E-state index contributed by atoms with van der Waals surface area (Å²) >= 11 is 1.68. The zero-order valence-corrected chi connectivity index (χ0v) is 10.6. The van der Waals surface area contributed by atoms with Crippen LogP contribution in [0.4, 0.5) is 0 Å². The highest BCUT2D eigenvalue weighted by molar-refractivity contribution is 7.99. The Morgan fingerprint density at radius 1 is 1.39 bits per heavy atom. The fourth-order valence-electron chi connectivity index (χ4n) is 1.72. The molecule has 0 spiro atoms. The number of phenolic OH excluding ortho intramolecular Hbond substituents is 1. The summed E-state index contributed by atoms with van der Waals surface area (Å²) in [6.45, 7) is 0.693. The number of rotatable bonds is 3.